The summed E-state index contributed by atoms with van der Waals surface area (Å²) in [5, 5.41) is 11.8. The summed E-state index contributed by atoms with van der Waals surface area (Å²) < 4.78 is 5.68. The maximum absolute atomic E-state index is 12.6. The van der Waals surface area contributed by atoms with Crippen LogP contribution in [0.1, 0.15) is 48.1 Å². The standard InChI is InChI=1S/C20H25ClN4O3S/c1-2-22-20(27)25-16-6-4-3-5-15(16)24-19(26)17-12-29-18(23-17)11-28-14-9-7-13(21)8-10-14/h7-10,12,15-16H,2-6,11H2,1H3,(H,24,26)(H2,22,25,27)/t15-,16+/m1/s1. The fraction of sp³-hybridized carbons (Fsp3) is 0.450. The van der Waals surface area contributed by atoms with Crippen molar-refractivity contribution < 1.29 is 14.3 Å². The van der Waals surface area contributed by atoms with Crippen LogP contribution in [0.5, 0.6) is 5.75 Å². The smallest absolute Gasteiger partial charge is 0.315 e. The number of benzene rings is 1. The van der Waals surface area contributed by atoms with Gasteiger partial charge in [0.25, 0.3) is 5.91 Å². The molecule has 3 N–H and O–H groups in total. The fourth-order valence-corrected chi connectivity index (χ4v) is 4.07. The molecule has 156 valence electrons. The number of amides is 3. The van der Waals surface area contributed by atoms with Crippen LogP contribution in [0.3, 0.4) is 0 Å². The van der Waals surface area contributed by atoms with E-state index in [4.69, 9.17) is 16.3 Å². The summed E-state index contributed by atoms with van der Waals surface area (Å²) in [6.07, 6.45) is 3.74. The van der Waals surface area contributed by atoms with Crippen LogP contribution in [0.25, 0.3) is 0 Å². The highest BCUT2D eigenvalue weighted by Crippen LogP contribution is 2.21. The first-order valence-corrected chi connectivity index (χ1v) is 11.0. The van der Waals surface area contributed by atoms with Crippen molar-refractivity contribution in [1.82, 2.24) is 20.9 Å². The molecule has 3 rings (SSSR count). The Morgan fingerprint density at radius 3 is 2.55 bits per heavy atom. The number of rotatable bonds is 7. The molecule has 29 heavy (non-hydrogen) atoms. The molecule has 0 aliphatic heterocycles. The van der Waals surface area contributed by atoms with E-state index < -0.39 is 0 Å². The SMILES string of the molecule is CCNC(=O)N[C@H]1CCCC[C@H]1NC(=O)c1csc(COc2ccc(Cl)cc2)n1. The van der Waals surface area contributed by atoms with Gasteiger partial charge in [0.2, 0.25) is 0 Å². The lowest BCUT2D eigenvalue weighted by atomic mass is 9.90. The Morgan fingerprint density at radius 2 is 1.86 bits per heavy atom. The molecule has 2 atom stereocenters. The third-order valence-electron chi connectivity index (χ3n) is 4.70. The third-order valence-corrected chi connectivity index (χ3v) is 5.77. The Morgan fingerprint density at radius 1 is 1.17 bits per heavy atom. The van der Waals surface area contributed by atoms with Crippen LogP contribution < -0.4 is 20.7 Å². The number of thiazole rings is 1. The molecule has 0 bridgehead atoms. The van der Waals surface area contributed by atoms with E-state index in [2.05, 4.69) is 20.9 Å². The molecule has 0 spiro atoms. The zero-order chi connectivity index (χ0) is 20.6. The van der Waals surface area contributed by atoms with Crippen LogP contribution in [0.4, 0.5) is 4.79 Å². The number of aromatic nitrogens is 1. The van der Waals surface area contributed by atoms with E-state index in [1.807, 2.05) is 6.92 Å². The Bertz CT molecular complexity index is 827. The van der Waals surface area contributed by atoms with Gasteiger partial charge in [-0.3, -0.25) is 4.79 Å². The summed E-state index contributed by atoms with van der Waals surface area (Å²) in [5.41, 5.74) is 0.368. The molecule has 0 unspecified atom stereocenters. The van der Waals surface area contributed by atoms with Crippen LogP contribution in [-0.2, 0) is 6.61 Å². The first-order chi connectivity index (χ1) is 14.0. The molecule has 1 aliphatic rings. The van der Waals surface area contributed by atoms with Crippen LogP contribution in [0.15, 0.2) is 29.6 Å². The molecule has 0 radical (unpaired) electrons. The highest BCUT2D eigenvalue weighted by molar-refractivity contribution is 7.09. The maximum atomic E-state index is 12.6. The topological polar surface area (TPSA) is 92.4 Å². The van der Waals surface area contributed by atoms with E-state index in [1.165, 1.54) is 11.3 Å². The van der Waals surface area contributed by atoms with E-state index in [1.54, 1.807) is 29.6 Å². The molecule has 3 amide bonds. The minimum Gasteiger partial charge on any atom is -0.486 e. The molecule has 7 nitrogen and oxygen atoms in total. The van der Waals surface area contributed by atoms with Crippen molar-refractivity contribution in [2.24, 2.45) is 0 Å². The Hall–Kier alpha value is -2.32. The van der Waals surface area contributed by atoms with Gasteiger partial charge in [-0.1, -0.05) is 24.4 Å². The lowest BCUT2D eigenvalue weighted by Gasteiger charge is -2.32. The van der Waals surface area contributed by atoms with Crippen LogP contribution >= 0.6 is 22.9 Å². The number of ether oxygens (including phenoxy) is 1. The molecule has 1 aliphatic carbocycles. The van der Waals surface area contributed by atoms with Crippen molar-refractivity contribution >= 4 is 34.9 Å². The van der Waals surface area contributed by atoms with Crippen molar-refractivity contribution in [3.05, 3.63) is 45.4 Å². The van der Waals surface area contributed by atoms with Crippen molar-refractivity contribution in [2.75, 3.05) is 6.54 Å². The minimum atomic E-state index is -0.228. The second-order valence-electron chi connectivity index (χ2n) is 6.84. The molecule has 1 aromatic heterocycles. The van der Waals surface area contributed by atoms with E-state index >= 15 is 0 Å². The summed E-state index contributed by atoms with van der Waals surface area (Å²) in [4.78, 5) is 28.9. The van der Waals surface area contributed by atoms with E-state index in [9.17, 15) is 9.59 Å². The molecule has 0 saturated heterocycles. The summed E-state index contributed by atoms with van der Waals surface area (Å²) >= 11 is 7.24. The van der Waals surface area contributed by atoms with Crippen molar-refractivity contribution in [1.29, 1.82) is 0 Å². The predicted octanol–water partition coefficient (Wildman–Crippen LogP) is 3.74. The van der Waals surface area contributed by atoms with Gasteiger partial charge in [0.1, 0.15) is 23.1 Å². The number of hydrogen-bond acceptors (Lipinski definition) is 5. The first kappa shape index (κ1) is 21.4. The summed E-state index contributed by atoms with van der Waals surface area (Å²) in [7, 11) is 0. The zero-order valence-electron chi connectivity index (χ0n) is 16.2. The number of urea groups is 1. The monoisotopic (exact) mass is 436 g/mol. The molecular formula is C20H25ClN4O3S. The number of hydrogen-bond donors (Lipinski definition) is 3. The highest BCUT2D eigenvalue weighted by Gasteiger charge is 2.28. The zero-order valence-corrected chi connectivity index (χ0v) is 17.8. The number of nitrogens with one attached hydrogen (secondary N) is 3. The van der Waals surface area contributed by atoms with Gasteiger partial charge >= 0.3 is 6.03 Å². The quantitative estimate of drug-likeness (QED) is 0.616. The van der Waals surface area contributed by atoms with Crippen LogP contribution in [-0.4, -0.2) is 35.6 Å². The normalized spacial score (nSPS) is 18.7. The first-order valence-electron chi connectivity index (χ1n) is 9.73. The number of halogens is 1. The van der Waals surface area contributed by atoms with Gasteiger partial charge in [0.05, 0.1) is 6.04 Å². The molecule has 1 fully saturated rings. The van der Waals surface area contributed by atoms with E-state index in [0.717, 1.165) is 25.7 Å². The fourth-order valence-electron chi connectivity index (χ4n) is 3.26. The molecule has 9 heteroatoms. The second-order valence-corrected chi connectivity index (χ2v) is 8.22. The van der Waals surface area contributed by atoms with Gasteiger partial charge in [-0.25, -0.2) is 9.78 Å². The van der Waals surface area contributed by atoms with E-state index in [0.29, 0.717) is 28.0 Å². The van der Waals surface area contributed by atoms with Gasteiger partial charge in [-0.2, -0.15) is 0 Å². The van der Waals surface area contributed by atoms with Crippen molar-refractivity contribution in [3.8, 4) is 5.75 Å². The van der Waals surface area contributed by atoms with Crippen LogP contribution in [0, 0.1) is 0 Å². The molecule has 1 saturated carbocycles. The number of carbonyl (C=O) groups is 2. The van der Waals surface area contributed by atoms with Gasteiger partial charge < -0.3 is 20.7 Å². The maximum Gasteiger partial charge on any atom is 0.315 e. The average Bonchev–Trinajstić information content (AvgIpc) is 3.18. The molecular weight excluding hydrogens is 412 g/mol. The van der Waals surface area contributed by atoms with E-state index in [-0.39, 0.29) is 30.6 Å². The summed E-state index contributed by atoms with van der Waals surface area (Å²) in [5.74, 6) is 0.464. The number of nitrogens with zero attached hydrogens (tertiary/aromatic N) is 1. The lowest BCUT2D eigenvalue weighted by Crippen LogP contribution is -2.55. The molecule has 1 heterocycles. The Labute approximate surface area is 179 Å². The minimum absolute atomic E-state index is 0.0782. The van der Waals surface area contributed by atoms with Gasteiger partial charge in [-0.15, -0.1) is 11.3 Å². The van der Waals surface area contributed by atoms with Gasteiger partial charge in [-0.05, 0) is 44.0 Å². The highest BCUT2D eigenvalue weighted by atomic mass is 35.5. The van der Waals surface area contributed by atoms with Crippen molar-refractivity contribution in [3.63, 3.8) is 0 Å². The number of carbonyl (C=O) groups excluding carboxylic acids is 2. The van der Waals surface area contributed by atoms with Gasteiger partial charge in [0, 0.05) is 23.0 Å². The molecule has 1 aromatic carbocycles. The Kier molecular flexibility index (Phi) is 7.71. The van der Waals surface area contributed by atoms with Crippen molar-refractivity contribution in [2.45, 2.75) is 51.3 Å². The largest absolute Gasteiger partial charge is 0.486 e. The second kappa shape index (κ2) is 10.5. The lowest BCUT2D eigenvalue weighted by molar-refractivity contribution is 0.0911. The summed E-state index contributed by atoms with van der Waals surface area (Å²) in [6, 6.07) is 6.71. The molecule has 2 aromatic rings. The average molecular weight is 437 g/mol. The van der Waals surface area contributed by atoms with Gasteiger partial charge in [0.15, 0.2) is 0 Å². The summed E-state index contributed by atoms with van der Waals surface area (Å²) in [6.45, 7) is 2.72. The van der Waals surface area contributed by atoms with Crippen LogP contribution in [0.2, 0.25) is 5.02 Å². The predicted molar refractivity (Wildman–Crippen MR) is 114 cm³/mol. The third kappa shape index (κ3) is 6.33. The Balaban J connectivity index is 1.54.